The molecule has 2 aliphatic heterocycles. The highest BCUT2D eigenvalue weighted by Gasteiger charge is 2.36. The Morgan fingerprint density at radius 2 is 1.64 bits per heavy atom. The predicted molar refractivity (Wildman–Crippen MR) is 173 cm³/mol. The van der Waals surface area contributed by atoms with Gasteiger partial charge in [-0.1, -0.05) is 60.4 Å². The number of methoxy groups -OCH3 is 1. The maximum atomic E-state index is 14.0. The Morgan fingerprint density at radius 3 is 2.33 bits per heavy atom. The minimum Gasteiger partial charge on any atom is -0.497 e. The van der Waals surface area contributed by atoms with Crippen molar-refractivity contribution in [2.24, 2.45) is 0 Å². The lowest BCUT2D eigenvalue weighted by atomic mass is 10.1. The number of piperazine rings is 1. The van der Waals surface area contributed by atoms with E-state index in [1.807, 2.05) is 68.4 Å². The molecule has 2 aliphatic rings. The summed E-state index contributed by atoms with van der Waals surface area (Å²) in [4.78, 5) is 39.1. The molecule has 1 unspecified atom stereocenters. The Labute approximate surface area is 254 Å². The van der Waals surface area contributed by atoms with Gasteiger partial charge in [-0.05, 0) is 61.4 Å². The number of pyridine rings is 1. The molecule has 1 amide bonds. The van der Waals surface area contributed by atoms with Gasteiger partial charge < -0.3 is 14.5 Å². The van der Waals surface area contributed by atoms with Gasteiger partial charge >= 0.3 is 0 Å². The quantitative estimate of drug-likeness (QED) is 0.219. The first kappa shape index (κ1) is 28.0. The lowest BCUT2D eigenvalue weighted by Crippen LogP contribution is -2.47. The van der Waals surface area contributed by atoms with Crippen LogP contribution in [0.1, 0.15) is 29.7 Å². The molecule has 4 heterocycles. The second-order valence-electron chi connectivity index (χ2n) is 10.4. The van der Waals surface area contributed by atoms with E-state index < -0.39 is 0 Å². The number of hydrogen-bond donors (Lipinski definition) is 0. The summed E-state index contributed by atoms with van der Waals surface area (Å²) < 4.78 is 7.34. The first-order chi connectivity index (χ1) is 20.3. The lowest BCUT2D eigenvalue weighted by molar-refractivity contribution is -0.123. The summed E-state index contributed by atoms with van der Waals surface area (Å²) >= 11 is 6.88. The van der Waals surface area contributed by atoms with E-state index in [2.05, 4.69) is 21.9 Å². The molecule has 0 spiro atoms. The Bertz CT molecular complexity index is 1750. The molecule has 0 saturated carbocycles. The average molecular weight is 598 g/mol. The van der Waals surface area contributed by atoms with Crippen molar-refractivity contribution < 1.29 is 9.53 Å². The van der Waals surface area contributed by atoms with Crippen LogP contribution in [0.3, 0.4) is 0 Å². The fraction of sp³-hybridized carbons (Fsp3) is 0.250. The number of carbonyl (C=O) groups excluding carboxylic acids is 1. The van der Waals surface area contributed by atoms with E-state index >= 15 is 0 Å². The molecule has 6 rings (SSSR count). The number of thiocarbonyl (C=S) groups is 1. The third kappa shape index (κ3) is 5.28. The summed E-state index contributed by atoms with van der Waals surface area (Å²) in [6.07, 6.45) is 3.47. The monoisotopic (exact) mass is 597 g/mol. The third-order valence-electron chi connectivity index (χ3n) is 7.77. The third-order valence-corrected chi connectivity index (χ3v) is 9.10. The number of aryl methyl sites for hydroxylation is 1. The van der Waals surface area contributed by atoms with Gasteiger partial charge in [-0.2, -0.15) is 0 Å². The minimum atomic E-state index is -0.228. The van der Waals surface area contributed by atoms with Crippen molar-refractivity contribution in [3.63, 3.8) is 0 Å². The van der Waals surface area contributed by atoms with Crippen molar-refractivity contribution in [3.8, 4) is 5.75 Å². The predicted octanol–water partition coefficient (Wildman–Crippen LogP) is 5.30. The molecule has 2 aromatic heterocycles. The Morgan fingerprint density at radius 1 is 0.952 bits per heavy atom. The van der Waals surface area contributed by atoms with Crippen LogP contribution in [0.15, 0.2) is 82.6 Å². The van der Waals surface area contributed by atoms with Gasteiger partial charge in [-0.25, -0.2) is 4.98 Å². The van der Waals surface area contributed by atoms with Crippen LogP contribution in [-0.2, 0) is 4.79 Å². The molecule has 1 atom stereocenters. The molecule has 10 heteroatoms. The number of carbonyl (C=O) groups is 1. The van der Waals surface area contributed by atoms with Gasteiger partial charge in [0.05, 0.1) is 23.6 Å². The van der Waals surface area contributed by atoms with Crippen molar-refractivity contribution >= 4 is 57.4 Å². The van der Waals surface area contributed by atoms with Crippen LogP contribution in [0.4, 0.5) is 11.5 Å². The Kier molecular flexibility index (Phi) is 7.74. The summed E-state index contributed by atoms with van der Waals surface area (Å²) in [5, 5.41) is 0. The molecule has 0 N–H and O–H groups in total. The average Bonchev–Trinajstić information content (AvgIpc) is 3.30. The van der Waals surface area contributed by atoms with Crippen molar-refractivity contribution in [1.29, 1.82) is 0 Å². The maximum absolute atomic E-state index is 14.0. The fourth-order valence-electron chi connectivity index (χ4n) is 5.41. The molecule has 0 aliphatic carbocycles. The molecule has 214 valence electrons. The lowest BCUT2D eigenvalue weighted by Gasteiger charge is -2.37. The van der Waals surface area contributed by atoms with E-state index in [0.29, 0.717) is 39.3 Å². The van der Waals surface area contributed by atoms with Crippen LogP contribution in [0.25, 0.3) is 11.7 Å². The normalized spacial score (nSPS) is 17.4. The Hall–Kier alpha value is -4.15. The molecule has 2 aromatic carbocycles. The van der Waals surface area contributed by atoms with E-state index in [9.17, 15) is 9.59 Å². The van der Waals surface area contributed by atoms with Crippen LogP contribution in [-0.4, -0.2) is 57.8 Å². The van der Waals surface area contributed by atoms with Gasteiger partial charge in [0.15, 0.2) is 0 Å². The van der Waals surface area contributed by atoms with E-state index in [1.165, 1.54) is 11.8 Å². The number of hydrogen-bond acceptors (Lipinski definition) is 8. The number of anilines is 2. The summed E-state index contributed by atoms with van der Waals surface area (Å²) in [6, 6.07) is 21.4. The van der Waals surface area contributed by atoms with Crippen LogP contribution in [0, 0.1) is 6.92 Å². The number of nitrogens with zero attached hydrogens (tertiary/aromatic N) is 5. The Balaban J connectivity index is 1.34. The van der Waals surface area contributed by atoms with Crippen LogP contribution < -0.4 is 20.1 Å². The van der Waals surface area contributed by atoms with E-state index in [1.54, 1.807) is 28.7 Å². The largest absolute Gasteiger partial charge is 0.497 e. The number of thioether (sulfide) groups is 1. The van der Waals surface area contributed by atoms with Crippen LogP contribution >= 0.6 is 24.0 Å². The number of benzene rings is 2. The topological polar surface area (TPSA) is 70.4 Å². The van der Waals surface area contributed by atoms with Gasteiger partial charge in [0.2, 0.25) is 0 Å². The van der Waals surface area contributed by atoms with Crippen molar-refractivity contribution in [2.45, 2.75) is 19.9 Å². The molecule has 42 heavy (non-hydrogen) atoms. The summed E-state index contributed by atoms with van der Waals surface area (Å²) in [7, 11) is 1.66. The number of aromatic nitrogens is 2. The summed E-state index contributed by atoms with van der Waals surface area (Å²) in [6.45, 7) is 6.77. The number of amides is 1. The molecule has 0 bridgehead atoms. The first-order valence-electron chi connectivity index (χ1n) is 13.8. The highest BCUT2D eigenvalue weighted by molar-refractivity contribution is 8.26. The van der Waals surface area contributed by atoms with Gasteiger partial charge in [-0.3, -0.25) is 18.9 Å². The fourth-order valence-corrected chi connectivity index (χ4v) is 6.81. The minimum absolute atomic E-state index is 0.203. The van der Waals surface area contributed by atoms with Gasteiger partial charge in [-0.15, -0.1) is 0 Å². The molecular weight excluding hydrogens is 567 g/mol. The zero-order valence-electron chi connectivity index (χ0n) is 23.7. The summed E-state index contributed by atoms with van der Waals surface area (Å²) in [5.41, 5.74) is 3.81. The smallest absolute Gasteiger partial charge is 0.267 e. The number of rotatable bonds is 6. The second-order valence-corrected chi connectivity index (χ2v) is 12.1. The SMILES string of the molecule is COc1ccc(N2CCN(c3nc4ccc(C)cn4c(=O)c3/C=C3\SC(=S)N(C(C)c4ccccc4)C3=O)CC2)cc1. The maximum Gasteiger partial charge on any atom is 0.267 e. The summed E-state index contributed by atoms with van der Waals surface area (Å²) in [5.74, 6) is 1.20. The zero-order chi connectivity index (χ0) is 29.4. The van der Waals surface area contributed by atoms with Crippen LogP contribution in [0.5, 0.6) is 5.75 Å². The molecule has 8 nitrogen and oxygen atoms in total. The first-order valence-corrected chi connectivity index (χ1v) is 15.1. The number of fused-ring (bicyclic) bond motifs is 1. The van der Waals surface area contributed by atoms with Crippen molar-refractivity contribution in [1.82, 2.24) is 14.3 Å². The number of ether oxygens (including phenoxy) is 1. The molecule has 0 radical (unpaired) electrons. The zero-order valence-corrected chi connectivity index (χ0v) is 25.3. The van der Waals surface area contributed by atoms with Crippen molar-refractivity contribution in [3.05, 3.63) is 105 Å². The van der Waals surface area contributed by atoms with Crippen LogP contribution in [0.2, 0.25) is 0 Å². The van der Waals surface area contributed by atoms with Crippen molar-refractivity contribution in [2.75, 3.05) is 43.1 Å². The van der Waals surface area contributed by atoms with Gasteiger partial charge in [0, 0.05) is 38.1 Å². The van der Waals surface area contributed by atoms with E-state index in [-0.39, 0.29) is 17.5 Å². The molecule has 2 fully saturated rings. The highest BCUT2D eigenvalue weighted by atomic mass is 32.2. The van der Waals surface area contributed by atoms with E-state index in [0.717, 1.165) is 35.7 Å². The van der Waals surface area contributed by atoms with E-state index in [4.69, 9.17) is 21.9 Å². The molecule has 4 aromatic rings. The standard InChI is InChI=1S/C32H31N5O3S2/c1-21-9-14-28-33-29(35-17-15-34(16-18-35)24-10-12-25(40-3)13-11-24)26(30(38)36(28)20-21)19-27-31(39)37(32(41)42-27)22(2)23-7-5-4-6-8-23/h4-14,19-20,22H,15-18H2,1-3H3/b27-19-. The van der Waals surface area contributed by atoms with Gasteiger partial charge in [0.25, 0.3) is 11.5 Å². The molecular formula is C32H31N5O3S2. The van der Waals surface area contributed by atoms with Gasteiger partial charge in [0.1, 0.15) is 21.5 Å². The molecule has 2 saturated heterocycles. The highest BCUT2D eigenvalue weighted by Crippen LogP contribution is 2.38. The second kappa shape index (κ2) is 11.6.